The van der Waals surface area contributed by atoms with Crippen LogP contribution in [0.2, 0.25) is 0 Å². The first-order valence-corrected chi connectivity index (χ1v) is 5.90. The van der Waals surface area contributed by atoms with Crippen LogP contribution < -0.4 is 5.73 Å². The Balaban J connectivity index is 2.28. The molecule has 1 unspecified atom stereocenters. The van der Waals surface area contributed by atoms with Crippen molar-refractivity contribution in [2.75, 3.05) is 6.54 Å². The average molecular weight is 236 g/mol. The molecule has 0 aliphatic heterocycles. The predicted octanol–water partition coefficient (Wildman–Crippen LogP) is 3.01. The summed E-state index contributed by atoms with van der Waals surface area (Å²) in [5, 5.41) is 0. The Hall–Kier alpha value is -1.26. The zero-order valence-electron chi connectivity index (χ0n) is 8.98. The average Bonchev–Trinajstić information content (AvgIpc) is 2.78. The minimum Gasteiger partial charge on any atom is -0.330 e. The van der Waals surface area contributed by atoms with Crippen molar-refractivity contribution in [3.8, 4) is 11.3 Å². The first kappa shape index (κ1) is 11.2. The van der Waals surface area contributed by atoms with Gasteiger partial charge in [-0.3, -0.25) is 0 Å². The highest BCUT2D eigenvalue weighted by Crippen LogP contribution is 2.26. The lowest BCUT2D eigenvalue weighted by molar-refractivity contribution is 0.628. The standard InChI is InChI=1S/C12H13FN2S/c1-8(7-14)12-6-11(15-16-12)9-2-4-10(13)5-3-9/h2-6,8H,7,14H2,1H3. The lowest BCUT2D eigenvalue weighted by Gasteiger charge is -2.02. The van der Waals surface area contributed by atoms with Crippen molar-refractivity contribution in [1.29, 1.82) is 0 Å². The summed E-state index contributed by atoms with van der Waals surface area (Å²) in [6, 6.07) is 8.39. The molecule has 0 aliphatic rings. The second kappa shape index (κ2) is 4.72. The largest absolute Gasteiger partial charge is 0.330 e. The second-order valence-electron chi connectivity index (χ2n) is 3.76. The van der Waals surface area contributed by atoms with Crippen LogP contribution in [0, 0.1) is 5.82 Å². The number of nitrogens with two attached hydrogens (primary N) is 1. The molecule has 0 spiro atoms. The molecule has 1 heterocycles. The molecular weight excluding hydrogens is 223 g/mol. The quantitative estimate of drug-likeness (QED) is 0.889. The van der Waals surface area contributed by atoms with Gasteiger partial charge >= 0.3 is 0 Å². The van der Waals surface area contributed by atoms with Crippen molar-refractivity contribution < 1.29 is 4.39 Å². The van der Waals surface area contributed by atoms with Gasteiger partial charge in [-0.15, -0.1) is 0 Å². The van der Waals surface area contributed by atoms with Crippen LogP contribution in [-0.4, -0.2) is 10.9 Å². The van der Waals surface area contributed by atoms with E-state index in [0.717, 1.165) is 11.3 Å². The van der Waals surface area contributed by atoms with E-state index in [1.54, 1.807) is 12.1 Å². The van der Waals surface area contributed by atoms with Gasteiger partial charge in [0, 0.05) is 16.4 Å². The normalized spacial score (nSPS) is 12.7. The van der Waals surface area contributed by atoms with Crippen molar-refractivity contribution in [3.05, 3.63) is 41.0 Å². The summed E-state index contributed by atoms with van der Waals surface area (Å²) in [6.07, 6.45) is 0. The minimum absolute atomic E-state index is 0.227. The highest BCUT2D eigenvalue weighted by Gasteiger charge is 2.09. The molecule has 0 radical (unpaired) electrons. The number of nitrogens with zero attached hydrogens (tertiary/aromatic N) is 1. The second-order valence-corrected chi connectivity index (χ2v) is 4.59. The fourth-order valence-corrected chi connectivity index (χ4v) is 2.20. The summed E-state index contributed by atoms with van der Waals surface area (Å²) in [4.78, 5) is 1.17. The molecule has 0 saturated carbocycles. The van der Waals surface area contributed by atoms with Crippen LogP contribution in [0.1, 0.15) is 17.7 Å². The molecule has 2 rings (SSSR count). The monoisotopic (exact) mass is 236 g/mol. The molecule has 0 saturated heterocycles. The topological polar surface area (TPSA) is 38.9 Å². The van der Waals surface area contributed by atoms with Crippen molar-refractivity contribution in [3.63, 3.8) is 0 Å². The zero-order valence-corrected chi connectivity index (χ0v) is 9.80. The van der Waals surface area contributed by atoms with Gasteiger partial charge in [0.1, 0.15) is 5.82 Å². The predicted molar refractivity (Wildman–Crippen MR) is 65.0 cm³/mol. The molecule has 2 aromatic rings. The summed E-state index contributed by atoms with van der Waals surface area (Å²) < 4.78 is 17.1. The van der Waals surface area contributed by atoms with E-state index in [0.29, 0.717) is 12.5 Å². The van der Waals surface area contributed by atoms with E-state index >= 15 is 0 Å². The molecule has 2 nitrogen and oxygen atoms in total. The molecule has 0 amide bonds. The van der Waals surface area contributed by atoms with Crippen LogP contribution in [0.4, 0.5) is 4.39 Å². The van der Waals surface area contributed by atoms with E-state index in [9.17, 15) is 4.39 Å². The number of halogens is 1. The smallest absolute Gasteiger partial charge is 0.123 e. The minimum atomic E-state index is -0.227. The first-order valence-electron chi connectivity index (χ1n) is 5.13. The Kier molecular flexibility index (Phi) is 3.31. The third kappa shape index (κ3) is 2.28. The number of rotatable bonds is 3. The number of hydrogen-bond acceptors (Lipinski definition) is 3. The third-order valence-corrected chi connectivity index (χ3v) is 3.53. The Bertz CT molecular complexity index is 464. The molecular formula is C12H13FN2S. The van der Waals surface area contributed by atoms with Gasteiger partial charge in [0.05, 0.1) is 5.69 Å². The van der Waals surface area contributed by atoms with E-state index in [1.165, 1.54) is 28.5 Å². The van der Waals surface area contributed by atoms with E-state index in [4.69, 9.17) is 5.73 Å². The van der Waals surface area contributed by atoms with E-state index in [-0.39, 0.29) is 5.82 Å². The van der Waals surface area contributed by atoms with E-state index in [2.05, 4.69) is 11.3 Å². The lowest BCUT2D eigenvalue weighted by Crippen LogP contribution is -2.07. The van der Waals surface area contributed by atoms with Crippen molar-refractivity contribution >= 4 is 11.5 Å². The van der Waals surface area contributed by atoms with Crippen LogP contribution >= 0.6 is 11.5 Å². The highest BCUT2D eigenvalue weighted by molar-refractivity contribution is 7.06. The molecule has 2 N–H and O–H groups in total. The summed E-state index contributed by atoms with van der Waals surface area (Å²) >= 11 is 1.46. The fraction of sp³-hybridized carbons (Fsp3) is 0.250. The molecule has 84 valence electrons. The number of aromatic nitrogens is 1. The van der Waals surface area contributed by atoms with Crippen LogP contribution in [0.5, 0.6) is 0 Å². The fourth-order valence-electron chi connectivity index (χ4n) is 1.39. The third-order valence-electron chi connectivity index (χ3n) is 2.51. The van der Waals surface area contributed by atoms with Gasteiger partial charge in [0.2, 0.25) is 0 Å². The van der Waals surface area contributed by atoms with Gasteiger partial charge in [0.25, 0.3) is 0 Å². The molecule has 1 atom stereocenters. The van der Waals surface area contributed by atoms with Crippen LogP contribution in [-0.2, 0) is 0 Å². The van der Waals surface area contributed by atoms with Crippen LogP contribution in [0.25, 0.3) is 11.3 Å². The Morgan fingerprint density at radius 1 is 1.38 bits per heavy atom. The molecule has 0 aliphatic carbocycles. The first-order chi connectivity index (χ1) is 7.70. The van der Waals surface area contributed by atoms with Gasteiger partial charge < -0.3 is 5.73 Å². The molecule has 16 heavy (non-hydrogen) atoms. The molecule has 0 fully saturated rings. The van der Waals surface area contributed by atoms with Crippen molar-refractivity contribution in [2.24, 2.45) is 5.73 Å². The summed E-state index contributed by atoms with van der Waals surface area (Å²) in [6.45, 7) is 2.69. The Labute approximate surface area is 98.1 Å². The maximum Gasteiger partial charge on any atom is 0.123 e. The van der Waals surface area contributed by atoms with Gasteiger partial charge in [0.15, 0.2) is 0 Å². The highest BCUT2D eigenvalue weighted by atomic mass is 32.1. The summed E-state index contributed by atoms with van der Waals surface area (Å²) in [7, 11) is 0. The number of hydrogen-bond donors (Lipinski definition) is 1. The van der Waals surface area contributed by atoms with E-state index in [1.807, 2.05) is 6.07 Å². The summed E-state index contributed by atoms with van der Waals surface area (Å²) in [5.74, 6) is 0.0984. The van der Waals surface area contributed by atoms with E-state index < -0.39 is 0 Å². The van der Waals surface area contributed by atoms with Crippen molar-refractivity contribution in [1.82, 2.24) is 4.37 Å². The molecule has 4 heteroatoms. The molecule has 1 aromatic heterocycles. The lowest BCUT2D eigenvalue weighted by atomic mass is 10.1. The molecule has 1 aromatic carbocycles. The summed E-state index contributed by atoms with van der Waals surface area (Å²) in [5.41, 5.74) is 7.43. The number of benzene rings is 1. The van der Waals surface area contributed by atoms with Crippen LogP contribution in [0.15, 0.2) is 30.3 Å². The zero-order chi connectivity index (χ0) is 11.5. The molecule has 0 bridgehead atoms. The van der Waals surface area contributed by atoms with Crippen LogP contribution in [0.3, 0.4) is 0 Å². The van der Waals surface area contributed by atoms with Gasteiger partial charge in [-0.2, -0.15) is 4.37 Å². The Morgan fingerprint density at radius 3 is 2.69 bits per heavy atom. The van der Waals surface area contributed by atoms with Crippen molar-refractivity contribution in [2.45, 2.75) is 12.8 Å². The Morgan fingerprint density at radius 2 is 2.06 bits per heavy atom. The van der Waals surface area contributed by atoms with Gasteiger partial charge in [-0.25, -0.2) is 4.39 Å². The van der Waals surface area contributed by atoms with Gasteiger partial charge in [-0.05, 0) is 48.4 Å². The maximum atomic E-state index is 12.8. The van der Waals surface area contributed by atoms with Gasteiger partial charge in [-0.1, -0.05) is 6.92 Å². The maximum absolute atomic E-state index is 12.8. The SMILES string of the molecule is CC(CN)c1cc(-c2ccc(F)cc2)ns1.